The van der Waals surface area contributed by atoms with Gasteiger partial charge in [-0.3, -0.25) is 0 Å². The summed E-state index contributed by atoms with van der Waals surface area (Å²) in [7, 11) is 0. The largest absolute Gasteiger partial charge is 0.388 e. The van der Waals surface area contributed by atoms with Crippen LogP contribution in [0.2, 0.25) is 0 Å². The van der Waals surface area contributed by atoms with E-state index in [-0.39, 0.29) is 6.04 Å². The molecule has 0 aliphatic carbocycles. The molecule has 1 heterocycles. The van der Waals surface area contributed by atoms with Crippen LogP contribution in [-0.2, 0) is 0 Å². The molecule has 3 rings (SSSR count). The van der Waals surface area contributed by atoms with Crippen LogP contribution < -0.4 is 5.32 Å². The lowest BCUT2D eigenvalue weighted by molar-refractivity contribution is 0.162. The molecule has 2 aromatic carbocycles. The summed E-state index contributed by atoms with van der Waals surface area (Å²) in [5.41, 5.74) is 1.79. The predicted molar refractivity (Wildman–Crippen MR) is 88.3 cm³/mol. The van der Waals surface area contributed by atoms with Crippen LogP contribution in [0.25, 0.3) is 5.69 Å². The van der Waals surface area contributed by atoms with Crippen molar-refractivity contribution in [2.75, 3.05) is 5.32 Å². The van der Waals surface area contributed by atoms with E-state index in [1.807, 2.05) is 67.6 Å². The Kier molecular flexibility index (Phi) is 4.63. The van der Waals surface area contributed by atoms with E-state index in [2.05, 4.69) is 20.8 Å². The number of nitrogens with one attached hydrogen (secondary N) is 1. The Morgan fingerprint density at radius 1 is 1.04 bits per heavy atom. The molecule has 118 valence electrons. The van der Waals surface area contributed by atoms with Gasteiger partial charge in [0.05, 0.1) is 11.8 Å². The molecule has 0 amide bonds. The van der Waals surface area contributed by atoms with E-state index in [1.165, 1.54) is 0 Å². The quantitative estimate of drug-likeness (QED) is 0.732. The summed E-state index contributed by atoms with van der Waals surface area (Å²) in [6.07, 6.45) is 0.0332. The minimum atomic E-state index is -0.528. The number of aromatic nitrogens is 4. The Bertz CT molecular complexity index is 729. The van der Waals surface area contributed by atoms with Gasteiger partial charge in [0, 0.05) is 6.04 Å². The van der Waals surface area contributed by atoms with Gasteiger partial charge in [-0.05, 0) is 41.5 Å². The van der Waals surface area contributed by atoms with Gasteiger partial charge in [0.1, 0.15) is 0 Å². The molecular weight excluding hydrogens is 290 g/mol. The van der Waals surface area contributed by atoms with E-state index in [4.69, 9.17) is 0 Å². The highest BCUT2D eigenvalue weighted by Gasteiger charge is 2.15. The lowest BCUT2D eigenvalue weighted by Crippen LogP contribution is -2.21. The molecule has 0 aliphatic heterocycles. The third kappa shape index (κ3) is 3.73. The van der Waals surface area contributed by atoms with E-state index in [1.54, 1.807) is 4.68 Å². The number of aliphatic hydroxyl groups is 1. The fourth-order valence-corrected chi connectivity index (χ4v) is 2.45. The fraction of sp³-hybridized carbons (Fsp3) is 0.235. The number of benzene rings is 2. The monoisotopic (exact) mass is 309 g/mol. The lowest BCUT2D eigenvalue weighted by Gasteiger charge is -2.18. The predicted octanol–water partition coefficient (Wildman–Crippen LogP) is 2.59. The number of rotatable bonds is 6. The van der Waals surface area contributed by atoms with Gasteiger partial charge >= 0.3 is 0 Å². The van der Waals surface area contributed by atoms with Crippen LogP contribution in [-0.4, -0.2) is 31.4 Å². The van der Waals surface area contributed by atoms with E-state index in [0.717, 1.165) is 11.3 Å². The molecule has 23 heavy (non-hydrogen) atoms. The number of anilines is 1. The molecule has 6 nitrogen and oxygen atoms in total. The summed E-state index contributed by atoms with van der Waals surface area (Å²) in [5.74, 6) is 0.559. The van der Waals surface area contributed by atoms with Crippen molar-refractivity contribution in [3.8, 4) is 5.69 Å². The zero-order valence-electron chi connectivity index (χ0n) is 12.9. The van der Waals surface area contributed by atoms with Crippen LogP contribution in [0.5, 0.6) is 0 Å². The molecule has 0 fully saturated rings. The van der Waals surface area contributed by atoms with Crippen molar-refractivity contribution in [1.29, 1.82) is 0 Å². The molecule has 0 bridgehead atoms. The second kappa shape index (κ2) is 7.02. The van der Waals surface area contributed by atoms with Gasteiger partial charge in [-0.15, -0.1) is 0 Å². The van der Waals surface area contributed by atoms with Crippen LogP contribution in [0, 0.1) is 0 Å². The highest BCUT2D eigenvalue weighted by molar-refractivity contribution is 5.38. The standard InChI is InChI=1S/C17H19N5O/c1-13(12-16(23)14-8-4-2-5-9-14)18-17-19-20-21-22(17)15-10-6-3-7-11-15/h2-11,13,16,23H,12H2,1H3,(H,18,19,21)/t13-,16+/m0/s1. The van der Waals surface area contributed by atoms with Crippen molar-refractivity contribution in [2.24, 2.45) is 0 Å². The molecule has 0 saturated heterocycles. The zero-order chi connectivity index (χ0) is 16.1. The maximum atomic E-state index is 10.3. The highest BCUT2D eigenvalue weighted by atomic mass is 16.3. The van der Waals surface area contributed by atoms with E-state index in [0.29, 0.717) is 12.4 Å². The average molecular weight is 309 g/mol. The number of para-hydroxylation sites is 1. The Labute approximate surface area is 134 Å². The third-order valence-corrected chi connectivity index (χ3v) is 3.61. The molecule has 2 atom stereocenters. The van der Waals surface area contributed by atoms with Gasteiger partial charge in [0.25, 0.3) is 0 Å². The molecule has 0 saturated carbocycles. The van der Waals surface area contributed by atoms with Crippen molar-refractivity contribution >= 4 is 5.95 Å². The van der Waals surface area contributed by atoms with Gasteiger partial charge in [0.15, 0.2) is 0 Å². The Hall–Kier alpha value is -2.73. The normalized spacial score (nSPS) is 13.5. The molecule has 3 aromatic rings. The summed E-state index contributed by atoms with van der Waals surface area (Å²) in [4.78, 5) is 0. The van der Waals surface area contributed by atoms with Crippen LogP contribution in [0.1, 0.15) is 25.0 Å². The first-order chi connectivity index (χ1) is 11.2. The number of nitrogens with zero attached hydrogens (tertiary/aromatic N) is 4. The average Bonchev–Trinajstić information content (AvgIpc) is 3.04. The SMILES string of the molecule is C[C@@H](C[C@@H](O)c1ccccc1)Nc1nnnn1-c1ccccc1. The number of hydrogen-bond acceptors (Lipinski definition) is 5. The van der Waals surface area contributed by atoms with Crippen LogP contribution in [0.15, 0.2) is 60.7 Å². The summed E-state index contributed by atoms with van der Waals surface area (Å²) in [6, 6.07) is 19.3. The Morgan fingerprint density at radius 2 is 1.70 bits per heavy atom. The smallest absolute Gasteiger partial charge is 0.247 e. The van der Waals surface area contributed by atoms with Gasteiger partial charge in [-0.1, -0.05) is 53.6 Å². The van der Waals surface area contributed by atoms with Crippen LogP contribution in [0.4, 0.5) is 5.95 Å². The first-order valence-electron chi connectivity index (χ1n) is 7.57. The zero-order valence-corrected chi connectivity index (χ0v) is 12.9. The van der Waals surface area contributed by atoms with E-state index < -0.39 is 6.10 Å². The first-order valence-corrected chi connectivity index (χ1v) is 7.57. The molecule has 0 aliphatic rings. The second-order valence-corrected chi connectivity index (χ2v) is 5.46. The molecule has 6 heteroatoms. The summed E-state index contributed by atoms with van der Waals surface area (Å²) >= 11 is 0. The van der Waals surface area contributed by atoms with Crippen molar-refractivity contribution in [1.82, 2.24) is 20.2 Å². The maximum Gasteiger partial charge on any atom is 0.247 e. The minimum Gasteiger partial charge on any atom is -0.388 e. The van der Waals surface area contributed by atoms with Gasteiger partial charge in [-0.25, -0.2) is 0 Å². The molecule has 0 radical (unpaired) electrons. The first kappa shape index (κ1) is 15.2. The summed E-state index contributed by atoms with van der Waals surface area (Å²) in [5, 5.41) is 25.3. The molecular formula is C17H19N5O. The van der Waals surface area contributed by atoms with Crippen LogP contribution >= 0.6 is 0 Å². The highest BCUT2D eigenvalue weighted by Crippen LogP contribution is 2.20. The Morgan fingerprint density at radius 3 is 2.39 bits per heavy atom. The topological polar surface area (TPSA) is 75.9 Å². The number of aliphatic hydroxyl groups excluding tert-OH is 1. The summed E-state index contributed by atoms with van der Waals surface area (Å²) < 4.78 is 1.64. The Balaban J connectivity index is 1.67. The van der Waals surface area contributed by atoms with Crippen molar-refractivity contribution < 1.29 is 5.11 Å². The molecule has 0 unspecified atom stereocenters. The van der Waals surface area contributed by atoms with Gasteiger partial charge < -0.3 is 10.4 Å². The van der Waals surface area contributed by atoms with Crippen molar-refractivity contribution in [3.05, 3.63) is 66.2 Å². The second-order valence-electron chi connectivity index (χ2n) is 5.46. The molecule has 1 aromatic heterocycles. The third-order valence-electron chi connectivity index (χ3n) is 3.61. The van der Waals surface area contributed by atoms with E-state index >= 15 is 0 Å². The maximum absolute atomic E-state index is 10.3. The van der Waals surface area contributed by atoms with Gasteiger partial charge in [0.2, 0.25) is 5.95 Å². The van der Waals surface area contributed by atoms with Crippen LogP contribution in [0.3, 0.4) is 0 Å². The van der Waals surface area contributed by atoms with Crippen molar-refractivity contribution in [3.63, 3.8) is 0 Å². The van der Waals surface area contributed by atoms with Crippen molar-refractivity contribution in [2.45, 2.75) is 25.5 Å². The van der Waals surface area contributed by atoms with Gasteiger partial charge in [-0.2, -0.15) is 4.68 Å². The van der Waals surface area contributed by atoms with E-state index in [9.17, 15) is 5.11 Å². The molecule has 2 N–H and O–H groups in total. The summed E-state index contributed by atoms with van der Waals surface area (Å²) in [6.45, 7) is 2.00. The minimum absolute atomic E-state index is 0.0127. The number of hydrogen-bond donors (Lipinski definition) is 2. The molecule has 0 spiro atoms. The lowest BCUT2D eigenvalue weighted by atomic mass is 10.0. The fourth-order valence-electron chi connectivity index (χ4n) is 2.45. The number of tetrazole rings is 1.